The normalized spacial score (nSPS) is 12.9. The highest BCUT2D eigenvalue weighted by Gasteiger charge is 2.33. The number of carbonyl (C=O) groups excluding carboxylic acids is 1. The first-order valence-electron chi connectivity index (χ1n) is 7.65. The van der Waals surface area contributed by atoms with Crippen molar-refractivity contribution in [3.8, 4) is 0 Å². The van der Waals surface area contributed by atoms with E-state index in [1.807, 2.05) is 0 Å². The van der Waals surface area contributed by atoms with Gasteiger partial charge < -0.3 is 15.4 Å². The molecule has 0 spiro atoms. The first-order chi connectivity index (χ1) is 12.4. The van der Waals surface area contributed by atoms with Crippen LogP contribution in [-0.4, -0.2) is 27.2 Å². The van der Waals surface area contributed by atoms with E-state index < -0.39 is 23.9 Å². The summed E-state index contributed by atoms with van der Waals surface area (Å²) in [7, 11) is 0. The van der Waals surface area contributed by atoms with Crippen LogP contribution in [-0.2, 0) is 17.5 Å². The Bertz CT molecular complexity index is 924. The number of aromatic amines is 1. The number of alkyl halides is 3. The largest absolute Gasteiger partial charge is 0.416 e. The van der Waals surface area contributed by atoms with Gasteiger partial charge >= 0.3 is 6.18 Å². The van der Waals surface area contributed by atoms with Gasteiger partial charge in [0, 0.05) is 30.5 Å². The molecule has 0 fully saturated rings. The number of hydrogen-bond acceptors (Lipinski definition) is 4. The van der Waals surface area contributed by atoms with Gasteiger partial charge in [-0.3, -0.25) is 15.1 Å². The number of amides is 1. The average Bonchev–Trinajstić information content (AvgIpc) is 3.02. The maximum absolute atomic E-state index is 13.0. The van der Waals surface area contributed by atoms with Crippen LogP contribution in [0.5, 0.6) is 0 Å². The topological polar surface area (TPSA) is 90.0 Å². The maximum atomic E-state index is 13.0. The van der Waals surface area contributed by atoms with Crippen molar-refractivity contribution in [2.75, 3.05) is 5.32 Å². The van der Waals surface area contributed by atoms with Gasteiger partial charge in [0.25, 0.3) is 5.91 Å². The molecular formula is C17H15F3N4O2. The Balaban J connectivity index is 1.65. The van der Waals surface area contributed by atoms with Crippen LogP contribution in [0.15, 0.2) is 48.9 Å². The molecule has 1 unspecified atom stereocenters. The molecule has 0 bridgehead atoms. The van der Waals surface area contributed by atoms with Crippen LogP contribution in [0.2, 0.25) is 0 Å². The molecule has 2 aromatic heterocycles. The molecule has 4 N–H and O–H groups in total. The van der Waals surface area contributed by atoms with Crippen molar-refractivity contribution in [1.29, 1.82) is 0 Å². The molecule has 0 aliphatic heterocycles. The van der Waals surface area contributed by atoms with Crippen molar-refractivity contribution in [3.63, 3.8) is 0 Å². The molecule has 6 nitrogen and oxygen atoms in total. The molecular weight excluding hydrogens is 349 g/mol. The van der Waals surface area contributed by atoms with Crippen LogP contribution >= 0.6 is 0 Å². The summed E-state index contributed by atoms with van der Waals surface area (Å²) in [6.07, 6.45) is -1.53. The number of nitrogens with zero attached hydrogens (tertiary/aromatic N) is 1. The predicted octanol–water partition coefficient (Wildman–Crippen LogP) is 2.63. The number of pyridine rings is 1. The number of fused-ring (bicyclic) bond motifs is 1. The minimum absolute atomic E-state index is 0.0665. The maximum Gasteiger partial charge on any atom is 0.416 e. The molecule has 0 saturated heterocycles. The van der Waals surface area contributed by atoms with Crippen molar-refractivity contribution < 1.29 is 23.1 Å². The smallest absolute Gasteiger partial charge is 0.370 e. The Hall–Kier alpha value is -2.91. The standard InChI is InChI=1S/C17H15F3N4O2/c18-17(19,20)12-4-2-1-3-10(12)7-23-15(25)16(26)24-14-9-22-13-5-6-21-8-11(13)14/h1-6,8-9,15,22-23,25H,7H2,(H,24,26). The number of halogens is 3. The lowest BCUT2D eigenvalue weighted by Gasteiger charge is -2.16. The molecule has 9 heteroatoms. The van der Waals surface area contributed by atoms with Gasteiger partial charge in [0.2, 0.25) is 0 Å². The van der Waals surface area contributed by atoms with Gasteiger partial charge in [0.15, 0.2) is 6.23 Å². The fourth-order valence-corrected chi connectivity index (χ4v) is 2.52. The van der Waals surface area contributed by atoms with Gasteiger partial charge in [-0.15, -0.1) is 0 Å². The molecule has 0 radical (unpaired) electrons. The second-order valence-electron chi connectivity index (χ2n) is 5.55. The summed E-state index contributed by atoms with van der Waals surface area (Å²) in [5.74, 6) is -0.792. The van der Waals surface area contributed by atoms with E-state index in [4.69, 9.17) is 0 Å². The number of anilines is 1. The number of nitrogens with one attached hydrogen (secondary N) is 3. The third-order valence-corrected chi connectivity index (χ3v) is 3.80. The summed E-state index contributed by atoms with van der Waals surface area (Å²) in [5, 5.41) is 15.5. The molecule has 3 aromatic rings. The number of carbonyl (C=O) groups is 1. The van der Waals surface area contributed by atoms with Crippen molar-refractivity contribution in [2.24, 2.45) is 0 Å². The second-order valence-corrected chi connectivity index (χ2v) is 5.55. The Morgan fingerprint density at radius 2 is 2.04 bits per heavy atom. The molecule has 26 heavy (non-hydrogen) atoms. The number of H-pyrrole nitrogens is 1. The Labute approximate surface area is 146 Å². The van der Waals surface area contributed by atoms with Gasteiger partial charge in [0.05, 0.1) is 16.8 Å². The van der Waals surface area contributed by atoms with Crippen molar-refractivity contribution in [2.45, 2.75) is 18.9 Å². The van der Waals surface area contributed by atoms with E-state index in [0.29, 0.717) is 11.1 Å². The summed E-state index contributed by atoms with van der Waals surface area (Å²) in [6.45, 7) is -0.320. The summed E-state index contributed by atoms with van der Waals surface area (Å²) < 4.78 is 38.9. The minimum atomic E-state index is -4.51. The van der Waals surface area contributed by atoms with Crippen LogP contribution in [0.25, 0.3) is 10.9 Å². The van der Waals surface area contributed by atoms with Crippen LogP contribution in [0.1, 0.15) is 11.1 Å². The first-order valence-corrected chi connectivity index (χ1v) is 7.65. The Morgan fingerprint density at radius 3 is 2.81 bits per heavy atom. The van der Waals surface area contributed by atoms with Crippen molar-refractivity contribution >= 4 is 22.5 Å². The van der Waals surface area contributed by atoms with E-state index in [0.717, 1.165) is 11.6 Å². The number of hydrogen-bond donors (Lipinski definition) is 4. The van der Waals surface area contributed by atoms with Gasteiger partial charge in [-0.25, -0.2) is 0 Å². The zero-order chi connectivity index (χ0) is 18.7. The van der Waals surface area contributed by atoms with Crippen molar-refractivity contribution in [1.82, 2.24) is 15.3 Å². The molecule has 0 saturated carbocycles. The quantitative estimate of drug-likeness (QED) is 0.524. The lowest BCUT2D eigenvalue weighted by atomic mass is 10.1. The van der Waals surface area contributed by atoms with Gasteiger partial charge in [-0.2, -0.15) is 13.2 Å². The van der Waals surface area contributed by atoms with Crippen LogP contribution < -0.4 is 10.6 Å². The highest BCUT2D eigenvalue weighted by atomic mass is 19.4. The lowest BCUT2D eigenvalue weighted by Crippen LogP contribution is -2.40. The monoisotopic (exact) mass is 364 g/mol. The summed E-state index contributed by atoms with van der Waals surface area (Å²) >= 11 is 0. The first kappa shape index (κ1) is 17.9. The number of benzene rings is 1. The SMILES string of the molecule is O=C(Nc1c[nH]c2ccncc12)C(O)NCc1ccccc1C(F)(F)F. The van der Waals surface area contributed by atoms with E-state index in [9.17, 15) is 23.1 Å². The molecule has 0 aliphatic rings. The van der Waals surface area contributed by atoms with Crippen molar-refractivity contribution in [3.05, 3.63) is 60.0 Å². The molecule has 136 valence electrons. The average molecular weight is 364 g/mol. The zero-order valence-corrected chi connectivity index (χ0v) is 13.3. The van der Waals surface area contributed by atoms with E-state index in [-0.39, 0.29) is 12.1 Å². The number of aromatic nitrogens is 2. The van der Waals surface area contributed by atoms with E-state index in [1.165, 1.54) is 24.4 Å². The summed E-state index contributed by atoms with van der Waals surface area (Å²) in [5.41, 5.74) is 0.275. The fourth-order valence-electron chi connectivity index (χ4n) is 2.52. The molecule has 0 aliphatic carbocycles. The van der Waals surface area contributed by atoms with Gasteiger partial charge in [-0.05, 0) is 17.7 Å². The summed E-state index contributed by atoms with van der Waals surface area (Å²) in [4.78, 5) is 19.0. The Kier molecular flexibility index (Phi) is 4.92. The predicted molar refractivity (Wildman–Crippen MR) is 89.0 cm³/mol. The fraction of sp³-hybridized carbons (Fsp3) is 0.176. The van der Waals surface area contributed by atoms with E-state index in [1.54, 1.807) is 18.5 Å². The van der Waals surface area contributed by atoms with Crippen LogP contribution in [0.4, 0.5) is 18.9 Å². The second kappa shape index (κ2) is 7.14. The van der Waals surface area contributed by atoms with E-state index in [2.05, 4.69) is 20.6 Å². The Morgan fingerprint density at radius 1 is 1.27 bits per heavy atom. The van der Waals surface area contributed by atoms with E-state index >= 15 is 0 Å². The van der Waals surface area contributed by atoms with Gasteiger partial charge in [-0.1, -0.05) is 18.2 Å². The summed E-state index contributed by atoms with van der Waals surface area (Å²) in [6, 6.07) is 6.68. The third-order valence-electron chi connectivity index (χ3n) is 3.80. The van der Waals surface area contributed by atoms with Crippen LogP contribution in [0, 0.1) is 0 Å². The van der Waals surface area contributed by atoms with Crippen LogP contribution in [0.3, 0.4) is 0 Å². The highest BCUT2D eigenvalue weighted by Crippen LogP contribution is 2.31. The number of rotatable bonds is 5. The molecule has 1 atom stereocenters. The molecule has 2 heterocycles. The number of aliphatic hydroxyl groups excluding tert-OH is 1. The zero-order valence-electron chi connectivity index (χ0n) is 13.3. The molecule has 1 amide bonds. The highest BCUT2D eigenvalue weighted by molar-refractivity contribution is 6.02. The van der Waals surface area contributed by atoms with Gasteiger partial charge in [0.1, 0.15) is 0 Å². The molecule has 3 rings (SSSR count). The third kappa shape index (κ3) is 3.84. The molecule has 1 aromatic carbocycles. The lowest BCUT2D eigenvalue weighted by molar-refractivity contribution is -0.138. The minimum Gasteiger partial charge on any atom is -0.370 e. The number of aliphatic hydroxyl groups is 1.